The van der Waals surface area contributed by atoms with Crippen molar-refractivity contribution >= 4 is 21.9 Å². The monoisotopic (exact) mass is 348 g/mol. The van der Waals surface area contributed by atoms with E-state index in [0.29, 0.717) is 25.6 Å². The van der Waals surface area contributed by atoms with Gasteiger partial charge >= 0.3 is 6.09 Å². The summed E-state index contributed by atoms with van der Waals surface area (Å²) in [7, 11) is -3.02. The van der Waals surface area contributed by atoms with E-state index in [1.54, 1.807) is 4.90 Å². The molecule has 1 saturated heterocycles. The van der Waals surface area contributed by atoms with Crippen molar-refractivity contribution in [3.63, 3.8) is 0 Å². The first-order valence-electron chi connectivity index (χ1n) is 7.70. The Balaban J connectivity index is 2.42. The number of likely N-dealkylation sites (tertiary alicyclic amines) is 1. The first-order valence-corrected chi connectivity index (χ1v) is 9.76. The van der Waals surface area contributed by atoms with Crippen LogP contribution in [0.25, 0.3) is 0 Å². The zero-order valence-electron chi connectivity index (χ0n) is 14.5. The third-order valence-electron chi connectivity index (χ3n) is 2.95. The van der Waals surface area contributed by atoms with Gasteiger partial charge in [0.1, 0.15) is 15.4 Å². The van der Waals surface area contributed by atoms with E-state index in [4.69, 9.17) is 4.74 Å². The lowest BCUT2D eigenvalue weighted by atomic mass is 10.1. The normalized spacial score (nSPS) is 16.7. The van der Waals surface area contributed by atoms with Crippen molar-refractivity contribution in [3.8, 4) is 0 Å². The van der Waals surface area contributed by atoms with E-state index in [-0.39, 0.29) is 24.4 Å². The zero-order chi connectivity index (χ0) is 17.7. The molecule has 0 atom stereocenters. The maximum atomic E-state index is 11.8. The quantitative estimate of drug-likeness (QED) is 0.544. The lowest BCUT2D eigenvalue weighted by Gasteiger charge is -2.40. The number of sulfone groups is 1. The van der Waals surface area contributed by atoms with E-state index in [9.17, 15) is 13.2 Å². The number of rotatable bonds is 5. The molecule has 1 heterocycles. The van der Waals surface area contributed by atoms with Gasteiger partial charge in [-0.25, -0.2) is 13.2 Å². The van der Waals surface area contributed by atoms with Crippen LogP contribution < -0.4 is 10.6 Å². The summed E-state index contributed by atoms with van der Waals surface area (Å²) < 4.78 is 27.5. The van der Waals surface area contributed by atoms with Crippen LogP contribution >= 0.6 is 0 Å². The SMILES string of the molecule is CCNC(=NCCS(C)(=O)=O)NC1CN(C(=O)OC(C)(C)C)C1. The molecule has 8 nitrogen and oxygen atoms in total. The summed E-state index contributed by atoms with van der Waals surface area (Å²) in [5.41, 5.74) is -0.502. The van der Waals surface area contributed by atoms with E-state index in [0.717, 1.165) is 0 Å². The van der Waals surface area contributed by atoms with Crippen LogP contribution in [0.5, 0.6) is 0 Å². The fourth-order valence-electron chi connectivity index (χ4n) is 1.88. The Morgan fingerprint density at radius 3 is 2.43 bits per heavy atom. The van der Waals surface area contributed by atoms with Gasteiger partial charge in [-0.3, -0.25) is 4.99 Å². The Bertz CT molecular complexity index is 533. The minimum atomic E-state index is -3.02. The fourth-order valence-corrected chi connectivity index (χ4v) is 2.30. The minimum Gasteiger partial charge on any atom is -0.444 e. The highest BCUT2D eigenvalue weighted by Crippen LogP contribution is 2.15. The minimum absolute atomic E-state index is 0.0122. The van der Waals surface area contributed by atoms with Gasteiger partial charge in [0, 0.05) is 25.9 Å². The van der Waals surface area contributed by atoms with Crippen LogP contribution in [-0.4, -0.2) is 75.2 Å². The van der Waals surface area contributed by atoms with Crippen molar-refractivity contribution in [1.29, 1.82) is 0 Å². The van der Waals surface area contributed by atoms with E-state index in [1.165, 1.54) is 6.26 Å². The third kappa shape index (κ3) is 8.06. The molecule has 1 rings (SSSR count). The Kier molecular flexibility index (Phi) is 6.67. The van der Waals surface area contributed by atoms with Gasteiger partial charge in [-0.05, 0) is 27.7 Å². The van der Waals surface area contributed by atoms with Crippen LogP contribution in [0.15, 0.2) is 4.99 Å². The Morgan fingerprint density at radius 2 is 1.96 bits per heavy atom. The molecular formula is C14H28N4O4S. The summed E-state index contributed by atoms with van der Waals surface area (Å²) in [6, 6.07) is 0.0820. The first-order chi connectivity index (χ1) is 10.5. The van der Waals surface area contributed by atoms with Crippen molar-refractivity contribution in [2.45, 2.75) is 39.3 Å². The molecule has 1 fully saturated rings. The van der Waals surface area contributed by atoms with E-state index < -0.39 is 15.4 Å². The number of carbonyl (C=O) groups is 1. The summed E-state index contributed by atoms with van der Waals surface area (Å²) in [5, 5.41) is 6.24. The Morgan fingerprint density at radius 1 is 1.35 bits per heavy atom. The molecule has 0 radical (unpaired) electrons. The number of guanidine groups is 1. The van der Waals surface area contributed by atoms with Gasteiger partial charge < -0.3 is 20.3 Å². The molecule has 0 unspecified atom stereocenters. The van der Waals surface area contributed by atoms with Crippen molar-refractivity contribution in [3.05, 3.63) is 0 Å². The topological polar surface area (TPSA) is 100 Å². The standard InChI is InChI=1S/C14H28N4O4S/c1-6-15-12(16-7-8-23(5,20)21)17-11-9-18(10-11)13(19)22-14(2,3)4/h11H,6-10H2,1-5H3,(H2,15,16,17). The number of carbonyl (C=O) groups excluding carboxylic acids is 1. The number of nitrogens with one attached hydrogen (secondary N) is 2. The van der Waals surface area contributed by atoms with Gasteiger partial charge in [-0.2, -0.15) is 0 Å². The smallest absolute Gasteiger partial charge is 0.410 e. The molecule has 2 N–H and O–H groups in total. The number of ether oxygens (including phenoxy) is 1. The molecule has 0 saturated carbocycles. The van der Waals surface area contributed by atoms with Gasteiger partial charge in [-0.15, -0.1) is 0 Å². The van der Waals surface area contributed by atoms with Crippen LogP contribution in [0.3, 0.4) is 0 Å². The average molecular weight is 348 g/mol. The molecule has 1 amide bonds. The lowest BCUT2D eigenvalue weighted by Crippen LogP contribution is -2.63. The highest BCUT2D eigenvalue weighted by molar-refractivity contribution is 7.90. The molecule has 134 valence electrons. The van der Waals surface area contributed by atoms with Crippen molar-refractivity contribution in [1.82, 2.24) is 15.5 Å². The second-order valence-electron chi connectivity index (χ2n) is 6.62. The maximum Gasteiger partial charge on any atom is 0.410 e. The summed E-state index contributed by atoms with van der Waals surface area (Å²) in [5.74, 6) is 0.572. The Hall–Kier alpha value is -1.51. The molecule has 9 heteroatoms. The predicted molar refractivity (Wildman–Crippen MR) is 90.4 cm³/mol. The second kappa shape index (κ2) is 7.85. The average Bonchev–Trinajstić information content (AvgIpc) is 2.28. The number of hydrogen-bond donors (Lipinski definition) is 2. The summed E-state index contributed by atoms with van der Waals surface area (Å²) in [6.45, 7) is 9.37. The number of nitrogens with zero attached hydrogens (tertiary/aromatic N) is 2. The van der Waals surface area contributed by atoms with Crippen molar-refractivity contribution in [2.24, 2.45) is 4.99 Å². The van der Waals surface area contributed by atoms with Crippen LogP contribution in [0.4, 0.5) is 4.79 Å². The predicted octanol–water partition coefficient (Wildman–Crippen LogP) is 0.205. The Labute approximate surface area is 138 Å². The van der Waals surface area contributed by atoms with Crippen LogP contribution in [0, 0.1) is 0 Å². The molecule has 0 aromatic rings. The van der Waals surface area contributed by atoms with Crippen LogP contribution in [-0.2, 0) is 14.6 Å². The third-order valence-corrected chi connectivity index (χ3v) is 3.87. The van der Waals surface area contributed by atoms with Gasteiger partial charge in [0.15, 0.2) is 5.96 Å². The van der Waals surface area contributed by atoms with Crippen LogP contribution in [0.2, 0.25) is 0 Å². The van der Waals surface area contributed by atoms with Gasteiger partial charge in [0.05, 0.1) is 18.3 Å². The van der Waals surface area contributed by atoms with E-state index in [1.807, 2.05) is 27.7 Å². The van der Waals surface area contributed by atoms with E-state index in [2.05, 4.69) is 15.6 Å². The number of amides is 1. The molecular weight excluding hydrogens is 320 g/mol. The number of hydrogen-bond acceptors (Lipinski definition) is 5. The molecule has 0 bridgehead atoms. The maximum absolute atomic E-state index is 11.8. The summed E-state index contributed by atoms with van der Waals surface area (Å²) in [4.78, 5) is 17.7. The van der Waals surface area contributed by atoms with Gasteiger partial charge in [0.2, 0.25) is 0 Å². The highest BCUT2D eigenvalue weighted by atomic mass is 32.2. The molecule has 23 heavy (non-hydrogen) atoms. The molecule has 1 aliphatic heterocycles. The lowest BCUT2D eigenvalue weighted by molar-refractivity contribution is 0.00700. The van der Waals surface area contributed by atoms with Gasteiger partial charge in [0.25, 0.3) is 0 Å². The zero-order valence-corrected chi connectivity index (χ0v) is 15.4. The summed E-state index contributed by atoms with van der Waals surface area (Å²) in [6.07, 6.45) is 0.864. The fraction of sp³-hybridized carbons (Fsp3) is 0.857. The molecule has 0 aromatic carbocycles. The number of aliphatic imine (C=N–C) groups is 1. The first kappa shape index (κ1) is 19.5. The molecule has 0 spiro atoms. The molecule has 0 aromatic heterocycles. The summed E-state index contributed by atoms with van der Waals surface area (Å²) >= 11 is 0. The molecule has 1 aliphatic rings. The van der Waals surface area contributed by atoms with Crippen molar-refractivity contribution < 1.29 is 17.9 Å². The van der Waals surface area contributed by atoms with Gasteiger partial charge in [-0.1, -0.05) is 0 Å². The van der Waals surface area contributed by atoms with Crippen LogP contribution in [0.1, 0.15) is 27.7 Å². The highest BCUT2D eigenvalue weighted by Gasteiger charge is 2.34. The second-order valence-corrected chi connectivity index (χ2v) is 8.88. The van der Waals surface area contributed by atoms with E-state index >= 15 is 0 Å². The largest absolute Gasteiger partial charge is 0.444 e. The van der Waals surface area contributed by atoms with Crippen molar-refractivity contribution in [2.75, 3.05) is 38.2 Å². The molecule has 0 aliphatic carbocycles.